The summed E-state index contributed by atoms with van der Waals surface area (Å²) < 4.78 is 67.5. The Kier molecular flexibility index (Phi) is 6.58. The SMILES string of the molecule is Nc1ccc(C(=O)Nc2cc(F)c(F)c(F)c2)cc1S(=O)(=O)NCC1(O)CCCCC1. The van der Waals surface area contributed by atoms with Crippen LogP contribution in [-0.4, -0.2) is 31.6 Å². The number of aliphatic hydroxyl groups is 1. The van der Waals surface area contributed by atoms with Gasteiger partial charge in [0.1, 0.15) is 4.90 Å². The van der Waals surface area contributed by atoms with E-state index in [1.807, 2.05) is 0 Å². The lowest BCUT2D eigenvalue weighted by molar-refractivity contribution is 0.00945. The molecule has 0 unspecified atom stereocenters. The summed E-state index contributed by atoms with van der Waals surface area (Å²) in [5.74, 6) is -5.53. The molecular weight excluding hydrogens is 435 g/mol. The zero-order valence-electron chi connectivity index (χ0n) is 16.4. The number of carbonyl (C=O) groups is 1. The van der Waals surface area contributed by atoms with E-state index in [4.69, 9.17) is 5.73 Å². The average molecular weight is 457 g/mol. The summed E-state index contributed by atoms with van der Waals surface area (Å²) in [4.78, 5) is 12.0. The fourth-order valence-corrected chi connectivity index (χ4v) is 4.71. The van der Waals surface area contributed by atoms with Gasteiger partial charge in [0, 0.05) is 29.9 Å². The summed E-state index contributed by atoms with van der Waals surface area (Å²) in [6.07, 6.45) is 3.50. The largest absolute Gasteiger partial charge is 0.398 e. The summed E-state index contributed by atoms with van der Waals surface area (Å²) >= 11 is 0. The van der Waals surface area contributed by atoms with Crippen molar-refractivity contribution in [2.45, 2.75) is 42.6 Å². The third-order valence-corrected chi connectivity index (χ3v) is 6.64. The number of halogens is 3. The molecule has 0 bridgehead atoms. The Morgan fingerprint density at radius 1 is 1.06 bits per heavy atom. The molecule has 1 saturated carbocycles. The molecule has 0 atom stereocenters. The van der Waals surface area contributed by atoms with Gasteiger partial charge in [-0.3, -0.25) is 4.79 Å². The van der Waals surface area contributed by atoms with Crippen LogP contribution in [0.25, 0.3) is 0 Å². The van der Waals surface area contributed by atoms with Crippen LogP contribution in [0.5, 0.6) is 0 Å². The highest BCUT2D eigenvalue weighted by Gasteiger charge is 2.31. The molecule has 5 N–H and O–H groups in total. The Morgan fingerprint density at radius 2 is 1.68 bits per heavy atom. The molecule has 2 aromatic rings. The zero-order valence-corrected chi connectivity index (χ0v) is 17.2. The molecule has 1 amide bonds. The van der Waals surface area contributed by atoms with Crippen molar-refractivity contribution in [3.8, 4) is 0 Å². The Morgan fingerprint density at radius 3 is 2.29 bits per heavy atom. The number of benzene rings is 2. The van der Waals surface area contributed by atoms with Crippen LogP contribution in [-0.2, 0) is 10.0 Å². The smallest absolute Gasteiger partial charge is 0.255 e. The molecule has 0 radical (unpaired) electrons. The number of nitrogens with one attached hydrogen (secondary N) is 2. The Labute approximate surface area is 177 Å². The third-order valence-electron chi connectivity index (χ3n) is 5.18. The van der Waals surface area contributed by atoms with Gasteiger partial charge in [-0.1, -0.05) is 19.3 Å². The molecular formula is C20H22F3N3O4S. The van der Waals surface area contributed by atoms with Gasteiger partial charge in [-0.05, 0) is 31.0 Å². The molecule has 0 spiro atoms. The highest BCUT2D eigenvalue weighted by molar-refractivity contribution is 7.89. The van der Waals surface area contributed by atoms with E-state index in [1.165, 1.54) is 12.1 Å². The van der Waals surface area contributed by atoms with E-state index in [0.717, 1.165) is 25.3 Å². The molecule has 31 heavy (non-hydrogen) atoms. The molecule has 0 heterocycles. The van der Waals surface area contributed by atoms with Crippen molar-refractivity contribution < 1.29 is 31.5 Å². The fourth-order valence-electron chi connectivity index (χ4n) is 3.43. The van der Waals surface area contributed by atoms with Gasteiger partial charge < -0.3 is 16.2 Å². The molecule has 0 aliphatic heterocycles. The highest BCUT2D eigenvalue weighted by atomic mass is 32.2. The number of nitrogens with two attached hydrogens (primary N) is 1. The van der Waals surface area contributed by atoms with Crippen LogP contribution in [0.1, 0.15) is 42.5 Å². The second-order valence-corrected chi connectivity index (χ2v) is 9.31. The second-order valence-electron chi connectivity index (χ2n) is 7.57. The average Bonchev–Trinajstić information content (AvgIpc) is 2.71. The van der Waals surface area contributed by atoms with Crippen LogP contribution in [0.4, 0.5) is 24.5 Å². The first-order valence-electron chi connectivity index (χ1n) is 9.58. The summed E-state index contributed by atoms with van der Waals surface area (Å²) in [6.45, 7) is -0.195. The van der Waals surface area contributed by atoms with E-state index in [0.29, 0.717) is 25.0 Å². The van der Waals surface area contributed by atoms with Crippen molar-refractivity contribution >= 4 is 27.3 Å². The first-order valence-corrected chi connectivity index (χ1v) is 11.1. The maximum atomic E-state index is 13.3. The van der Waals surface area contributed by atoms with E-state index < -0.39 is 39.0 Å². The topological polar surface area (TPSA) is 122 Å². The molecule has 7 nitrogen and oxygen atoms in total. The first-order chi connectivity index (χ1) is 14.5. The number of amides is 1. The lowest BCUT2D eigenvalue weighted by Gasteiger charge is -2.32. The predicted molar refractivity (Wildman–Crippen MR) is 108 cm³/mol. The lowest BCUT2D eigenvalue weighted by atomic mass is 9.85. The molecule has 0 saturated heterocycles. The molecule has 1 fully saturated rings. The van der Waals surface area contributed by atoms with Gasteiger partial charge in [0.05, 0.1) is 11.3 Å². The number of hydrogen-bond donors (Lipinski definition) is 4. The summed E-state index contributed by atoms with van der Waals surface area (Å²) in [6, 6.07) is 4.63. The molecule has 1 aliphatic rings. The van der Waals surface area contributed by atoms with Crippen molar-refractivity contribution in [2.75, 3.05) is 17.6 Å². The highest BCUT2D eigenvalue weighted by Crippen LogP contribution is 2.28. The fraction of sp³-hybridized carbons (Fsp3) is 0.350. The Hall–Kier alpha value is -2.63. The van der Waals surface area contributed by atoms with Gasteiger partial charge in [0.25, 0.3) is 5.91 Å². The van der Waals surface area contributed by atoms with E-state index in [9.17, 15) is 31.5 Å². The first kappa shape index (κ1) is 23.0. The quantitative estimate of drug-likeness (QED) is 0.393. The van der Waals surface area contributed by atoms with Gasteiger partial charge in [-0.2, -0.15) is 0 Å². The maximum Gasteiger partial charge on any atom is 0.255 e. The summed E-state index contributed by atoms with van der Waals surface area (Å²) in [5.41, 5.74) is 4.00. The summed E-state index contributed by atoms with van der Waals surface area (Å²) in [5, 5.41) is 12.7. The number of anilines is 2. The van der Waals surface area contributed by atoms with E-state index in [-0.39, 0.29) is 28.4 Å². The molecule has 168 valence electrons. The predicted octanol–water partition coefficient (Wildman–Crippen LogP) is 2.91. The van der Waals surface area contributed by atoms with Crippen molar-refractivity contribution in [2.24, 2.45) is 0 Å². The Bertz CT molecular complexity index is 1080. The molecule has 2 aromatic carbocycles. The van der Waals surface area contributed by atoms with Gasteiger partial charge in [0.2, 0.25) is 10.0 Å². The third kappa shape index (κ3) is 5.35. The number of rotatable bonds is 6. The van der Waals surface area contributed by atoms with E-state index in [2.05, 4.69) is 10.0 Å². The van der Waals surface area contributed by atoms with Gasteiger partial charge in [-0.25, -0.2) is 26.3 Å². The maximum absolute atomic E-state index is 13.3. The minimum absolute atomic E-state index is 0.126. The van der Waals surface area contributed by atoms with Crippen LogP contribution >= 0.6 is 0 Å². The minimum atomic E-state index is -4.16. The van der Waals surface area contributed by atoms with Crippen LogP contribution < -0.4 is 15.8 Å². The van der Waals surface area contributed by atoms with Crippen molar-refractivity contribution in [3.63, 3.8) is 0 Å². The normalized spacial score (nSPS) is 16.1. The monoisotopic (exact) mass is 457 g/mol. The van der Waals surface area contributed by atoms with Gasteiger partial charge in [0.15, 0.2) is 17.5 Å². The standard InChI is InChI=1S/C20H22F3N3O4S/c21-14-9-13(10-15(22)18(14)23)26-19(27)12-4-5-16(24)17(8-12)31(29,30)25-11-20(28)6-2-1-3-7-20/h4-5,8-10,25,28H,1-3,6-7,11,24H2,(H,26,27). The molecule has 0 aromatic heterocycles. The number of sulfonamides is 1. The van der Waals surface area contributed by atoms with Crippen molar-refractivity contribution in [3.05, 3.63) is 53.3 Å². The van der Waals surface area contributed by atoms with E-state index >= 15 is 0 Å². The number of nitrogen functional groups attached to an aromatic ring is 1. The molecule has 3 rings (SSSR count). The lowest BCUT2D eigenvalue weighted by Crippen LogP contribution is -2.44. The molecule has 11 heteroatoms. The van der Waals surface area contributed by atoms with Gasteiger partial charge >= 0.3 is 0 Å². The summed E-state index contributed by atoms with van der Waals surface area (Å²) in [7, 11) is -4.16. The van der Waals surface area contributed by atoms with Crippen LogP contribution in [0.15, 0.2) is 35.2 Å². The van der Waals surface area contributed by atoms with E-state index in [1.54, 1.807) is 0 Å². The Balaban J connectivity index is 1.79. The second kappa shape index (κ2) is 8.85. The van der Waals surface area contributed by atoms with Crippen molar-refractivity contribution in [1.82, 2.24) is 4.72 Å². The number of hydrogen-bond acceptors (Lipinski definition) is 5. The minimum Gasteiger partial charge on any atom is -0.398 e. The number of carbonyl (C=O) groups excluding carboxylic acids is 1. The zero-order chi connectivity index (χ0) is 22.8. The van der Waals surface area contributed by atoms with Crippen LogP contribution in [0.2, 0.25) is 0 Å². The van der Waals surface area contributed by atoms with Gasteiger partial charge in [-0.15, -0.1) is 0 Å². The molecule has 1 aliphatic carbocycles. The van der Waals surface area contributed by atoms with Crippen molar-refractivity contribution in [1.29, 1.82) is 0 Å². The van der Waals surface area contributed by atoms with Crippen LogP contribution in [0, 0.1) is 17.5 Å². The van der Waals surface area contributed by atoms with Crippen LogP contribution in [0.3, 0.4) is 0 Å².